The van der Waals surface area contributed by atoms with Crippen molar-refractivity contribution in [3.63, 3.8) is 0 Å². The summed E-state index contributed by atoms with van der Waals surface area (Å²) in [4.78, 5) is 12.2. The Kier molecular flexibility index (Phi) is 4.97. The van der Waals surface area contributed by atoms with Gasteiger partial charge in [-0.3, -0.25) is 0 Å². The van der Waals surface area contributed by atoms with Crippen LogP contribution < -0.4 is 4.74 Å². The van der Waals surface area contributed by atoms with E-state index in [1.807, 2.05) is 0 Å². The molecule has 1 heterocycles. The molecule has 1 aliphatic heterocycles. The van der Waals surface area contributed by atoms with Gasteiger partial charge in [0.2, 0.25) is 0 Å². The van der Waals surface area contributed by atoms with Crippen LogP contribution in [0.4, 0.5) is 4.39 Å². The van der Waals surface area contributed by atoms with Crippen molar-refractivity contribution >= 4 is 21.9 Å². The first kappa shape index (κ1) is 18.1. The summed E-state index contributed by atoms with van der Waals surface area (Å²) < 4.78 is 27.5. The maximum atomic E-state index is 14.8. The molecule has 1 aromatic carbocycles. The Morgan fingerprint density at radius 3 is 2.56 bits per heavy atom. The van der Waals surface area contributed by atoms with Crippen molar-refractivity contribution < 1.29 is 33.6 Å². The van der Waals surface area contributed by atoms with Gasteiger partial charge in [0, 0.05) is 0 Å². The molecule has 0 saturated carbocycles. The predicted molar refractivity (Wildman–Crippen MR) is 89.1 cm³/mol. The Labute approximate surface area is 151 Å². The zero-order chi connectivity index (χ0) is 18.2. The first-order valence-corrected chi connectivity index (χ1v) is 8.26. The van der Waals surface area contributed by atoms with Gasteiger partial charge in [-0.15, -0.1) is 0 Å². The normalized spacial score (nSPS) is 31.9. The maximum Gasteiger partial charge on any atom is 0.340 e. The van der Waals surface area contributed by atoms with Gasteiger partial charge in [-0.25, -0.2) is 9.18 Å². The molecule has 2 aliphatic rings. The molecular formula is C17H16BrFO6. The Balaban J connectivity index is 1.71. The third kappa shape index (κ3) is 3.35. The first-order valence-electron chi connectivity index (χ1n) is 7.47. The molecule has 6 nitrogen and oxygen atoms in total. The fourth-order valence-electron chi connectivity index (χ4n) is 2.51. The van der Waals surface area contributed by atoms with Crippen molar-refractivity contribution in [3.8, 4) is 5.75 Å². The van der Waals surface area contributed by atoms with E-state index >= 15 is 0 Å². The second-order valence-electron chi connectivity index (χ2n) is 5.66. The number of benzene rings is 1. The van der Waals surface area contributed by atoms with Crippen LogP contribution in [0.5, 0.6) is 5.75 Å². The van der Waals surface area contributed by atoms with E-state index in [1.54, 1.807) is 30.4 Å². The molecule has 0 spiro atoms. The lowest BCUT2D eigenvalue weighted by molar-refractivity contribution is -0.141. The van der Waals surface area contributed by atoms with Crippen molar-refractivity contribution in [2.45, 2.75) is 29.2 Å². The van der Waals surface area contributed by atoms with Crippen LogP contribution in [0.2, 0.25) is 0 Å². The molecule has 2 N–H and O–H groups in total. The largest absolute Gasteiger partial charge is 0.497 e. The number of hydrogen-bond acceptors (Lipinski definition) is 6. The van der Waals surface area contributed by atoms with Crippen molar-refractivity contribution in [1.82, 2.24) is 0 Å². The van der Waals surface area contributed by atoms with Crippen LogP contribution in [-0.2, 0) is 9.47 Å². The van der Waals surface area contributed by atoms with Gasteiger partial charge in [0.25, 0.3) is 10.9 Å². The predicted octanol–water partition coefficient (Wildman–Crippen LogP) is 1.86. The molecule has 1 aromatic rings. The number of carbonyl (C=O) groups excluding carboxylic acids is 1. The summed E-state index contributed by atoms with van der Waals surface area (Å²) in [5.74, 6) is -0.284. The van der Waals surface area contributed by atoms with Crippen molar-refractivity contribution in [2.75, 3.05) is 7.11 Å². The average Bonchev–Trinajstić information content (AvgIpc) is 2.77. The van der Waals surface area contributed by atoms with Gasteiger partial charge >= 0.3 is 5.97 Å². The van der Waals surface area contributed by atoms with Crippen LogP contribution in [0.3, 0.4) is 0 Å². The summed E-state index contributed by atoms with van der Waals surface area (Å²) in [6.07, 6.45) is -1.05. The van der Waals surface area contributed by atoms with Gasteiger partial charge < -0.3 is 24.4 Å². The molecule has 134 valence electrons. The van der Waals surface area contributed by atoms with Crippen LogP contribution in [0.15, 0.2) is 48.1 Å². The zero-order valence-electron chi connectivity index (χ0n) is 13.1. The van der Waals surface area contributed by atoms with Crippen LogP contribution in [-0.4, -0.2) is 52.5 Å². The van der Waals surface area contributed by atoms with Gasteiger partial charge in [-0.05, 0) is 45.8 Å². The summed E-state index contributed by atoms with van der Waals surface area (Å²) in [6, 6.07) is 6.02. The first-order chi connectivity index (χ1) is 11.8. The quantitative estimate of drug-likeness (QED) is 0.564. The third-order valence-electron chi connectivity index (χ3n) is 4.07. The van der Waals surface area contributed by atoms with Crippen molar-refractivity contribution in [2.24, 2.45) is 0 Å². The fourth-order valence-corrected chi connectivity index (χ4v) is 2.97. The van der Waals surface area contributed by atoms with Gasteiger partial charge in [0.1, 0.15) is 24.1 Å². The minimum Gasteiger partial charge on any atom is -0.497 e. The lowest BCUT2D eigenvalue weighted by Gasteiger charge is -2.24. The molecule has 0 aromatic heterocycles. The fraction of sp³-hybridized carbons (Fsp3) is 0.353. The minimum absolute atomic E-state index is 0.163. The van der Waals surface area contributed by atoms with Gasteiger partial charge in [-0.1, -0.05) is 18.2 Å². The minimum atomic E-state index is -2.55. The zero-order valence-corrected chi connectivity index (χ0v) is 14.7. The molecule has 1 fully saturated rings. The molecule has 1 unspecified atom stereocenters. The average molecular weight is 415 g/mol. The van der Waals surface area contributed by atoms with E-state index in [0.29, 0.717) is 11.3 Å². The van der Waals surface area contributed by atoms with Crippen LogP contribution >= 0.6 is 15.9 Å². The summed E-state index contributed by atoms with van der Waals surface area (Å²) in [7, 11) is 1.49. The number of alkyl halides is 2. The SMILES string of the molecule is COc1ccc(C(=O)O[C@H]2O[C@H](C(O)C3=CC=C3)[C@@H](O)[C@]2(F)Br)cc1. The number of allylic oxidation sites excluding steroid dienone is 2. The van der Waals surface area contributed by atoms with Crippen molar-refractivity contribution in [1.29, 1.82) is 0 Å². The monoisotopic (exact) mass is 414 g/mol. The maximum absolute atomic E-state index is 14.8. The Morgan fingerprint density at radius 2 is 2.04 bits per heavy atom. The molecule has 5 atom stereocenters. The van der Waals surface area contributed by atoms with Gasteiger partial charge in [0.05, 0.1) is 12.7 Å². The summed E-state index contributed by atoms with van der Waals surface area (Å²) >= 11 is 2.71. The van der Waals surface area contributed by atoms with E-state index in [-0.39, 0.29) is 5.56 Å². The number of rotatable bonds is 5. The molecule has 25 heavy (non-hydrogen) atoms. The standard InChI is InChI=1S/C17H16BrFO6/c1-23-11-7-5-10(6-8-11)15(22)25-16-17(18,19)14(21)13(24-16)12(20)9-3-2-4-9/h2-8,12-14,16,20-21H,1H3/t12?,13-,14-,16-,17-/m1/s1. The van der Waals surface area contributed by atoms with Gasteiger partial charge in [-0.2, -0.15) is 0 Å². The Hall–Kier alpha value is -1.74. The third-order valence-corrected chi connectivity index (χ3v) is 4.91. The highest BCUT2D eigenvalue weighted by Crippen LogP contribution is 2.43. The lowest BCUT2D eigenvalue weighted by Crippen LogP contribution is -2.43. The number of esters is 1. The lowest BCUT2D eigenvalue weighted by atomic mass is 9.95. The molecule has 0 radical (unpaired) electrons. The van der Waals surface area contributed by atoms with Gasteiger partial charge in [0.15, 0.2) is 0 Å². The highest BCUT2D eigenvalue weighted by Gasteiger charge is 2.60. The summed E-state index contributed by atoms with van der Waals surface area (Å²) in [6.45, 7) is 0. The smallest absolute Gasteiger partial charge is 0.340 e. The van der Waals surface area contributed by atoms with E-state index < -0.39 is 35.1 Å². The molecule has 1 saturated heterocycles. The molecule has 1 aliphatic carbocycles. The summed E-state index contributed by atoms with van der Waals surface area (Å²) in [5, 5.41) is 20.3. The number of methoxy groups -OCH3 is 1. The molecule has 8 heteroatoms. The highest BCUT2D eigenvalue weighted by atomic mass is 79.9. The van der Waals surface area contributed by atoms with E-state index in [0.717, 1.165) is 0 Å². The Morgan fingerprint density at radius 1 is 1.40 bits per heavy atom. The Bertz CT molecular complexity index is 714. The molecule has 3 rings (SSSR count). The molecule has 0 bridgehead atoms. The van der Waals surface area contributed by atoms with E-state index in [1.165, 1.54) is 19.2 Å². The van der Waals surface area contributed by atoms with Crippen LogP contribution in [0.1, 0.15) is 10.4 Å². The van der Waals surface area contributed by atoms with Crippen LogP contribution in [0.25, 0.3) is 0 Å². The number of hydrogen-bond donors (Lipinski definition) is 2. The number of ether oxygens (including phenoxy) is 3. The number of carbonyl (C=O) groups is 1. The van der Waals surface area contributed by atoms with E-state index in [2.05, 4.69) is 15.9 Å². The van der Waals surface area contributed by atoms with Crippen molar-refractivity contribution in [3.05, 3.63) is 53.6 Å². The molecular weight excluding hydrogens is 399 g/mol. The topological polar surface area (TPSA) is 85.2 Å². The van der Waals surface area contributed by atoms with E-state index in [4.69, 9.17) is 14.2 Å². The number of halogens is 2. The second kappa shape index (κ2) is 6.87. The number of aliphatic hydroxyl groups excluding tert-OH is 2. The summed E-state index contributed by atoms with van der Waals surface area (Å²) in [5.41, 5.74) is 0.658. The number of aliphatic hydroxyl groups is 2. The second-order valence-corrected chi connectivity index (χ2v) is 6.87. The van der Waals surface area contributed by atoms with E-state index in [9.17, 15) is 19.4 Å². The van der Waals surface area contributed by atoms with Crippen LogP contribution in [0, 0.1) is 0 Å². The highest BCUT2D eigenvalue weighted by molar-refractivity contribution is 9.10. The molecule has 0 amide bonds.